The number of carbonyl (C=O) groups excluding carboxylic acids is 2. The second kappa shape index (κ2) is 21.7. The fraction of sp³-hybridized carbons (Fsp3) is 0.278. The molecule has 60 heavy (non-hydrogen) atoms. The van der Waals surface area contributed by atoms with Gasteiger partial charge in [-0.25, -0.2) is 0 Å². The first-order valence-electron chi connectivity index (χ1n) is 17.8. The van der Waals surface area contributed by atoms with E-state index in [0.717, 1.165) is 61.8 Å². The smallest absolute Gasteiger partial charge is 0.305 e. The summed E-state index contributed by atoms with van der Waals surface area (Å²) in [5, 5.41) is 65.4. The van der Waals surface area contributed by atoms with Crippen LogP contribution in [0.2, 0.25) is 5.02 Å². The number of halogens is 2. The van der Waals surface area contributed by atoms with Gasteiger partial charge in [0.05, 0.1) is 52.7 Å². The maximum Gasteiger partial charge on any atom is 0.305 e. The Kier molecular flexibility index (Phi) is 17.1. The summed E-state index contributed by atoms with van der Waals surface area (Å²) in [5.74, 6) is -0.645. The van der Waals surface area contributed by atoms with E-state index < -0.39 is 42.4 Å². The van der Waals surface area contributed by atoms with E-state index in [4.69, 9.17) is 11.6 Å². The van der Waals surface area contributed by atoms with Crippen LogP contribution in [0.3, 0.4) is 0 Å². The molecule has 316 valence electrons. The molecule has 0 aliphatic carbocycles. The monoisotopic (exact) mass is 912 g/mol. The minimum atomic E-state index is -0.828. The second-order valence-corrected chi connectivity index (χ2v) is 13.4. The van der Waals surface area contributed by atoms with E-state index in [0.29, 0.717) is 11.4 Å². The van der Waals surface area contributed by atoms with Crippen molar-refractivity contribution < 1.29 is 29.3 Å². The van der Waals surface area contributed by atoms with E-state index in [-0.39, 0.29) is 44.1 Å². The van der Waals surface area contributed by atoms with E-state index >= 15 is 0 Å². The van der Waals surface area contributed by atoms with Crippen LogP contribution in [-0.2, 0) is 9.59 Å². The molecule has 4 rings (SSSR count). The maximum atomic E-state index is 11.6. The molecule has 0 heterocycles. The zero-order valence-corrected chi connectivity index (χ0v) is 35.3. The molecule has 4 aromatic carbocycles. The van der Waals surface area contributed by atoms with Gasteiger partial charge in [0.2, 0.25) is 11.8 Å². The number of nitrogens with zero attached hydrogens (tertiary/aromatic N) is 10. The Hall–Kier alpha value is -7.01. The van der Waals surface area contributed by atoms with Crippen LogP contribution >= 0.6 is 27.5 Å². The lowest BCUT2D eigenvalue weighted by atomic mass is 10.2. The van der Waals surface area contributed by atoms with Crippen molar-refractivity contribution in [3.05, 3.63) is 111 Å². The zero-order chi connectivity index (χ0) is 44.8. The fourth-order valence-electron chi connectivity index (χ4n) is 5.41. The highest BCUT2D eigenvalue weighted by Crippen LogP contribution is 2.42. The van der Waals surface area contributed by atoms with Gasteiger partial charge in [0.15, 0.2) is 11.4 Å². The Labute approximate surface area is 355 Å². The highest BCUT2D eigenvalue weighted by Gasteiger charge is 2.25. The van der Waals surface area contributed by atoms with E-state index in [9.17, 15) is 50.0 Å². The van der Waals surface area contributed by atoms with Gasteiger partial charge in [0.25, 0.3) is 11.4 Å². The van der Waals surface area contributed by atoms with Crippen molar-refractivity contribution in [1.29, 1.82) is 0 Å². The number of carbonyl (C=O) groups is 2. The fourth-order valence-corrected chi connectivity index (χ4v) is 6.17. The van der Waals surface area contributed by atoms with Gasteiger partial charge >= 0.3 is 11.4 Å². The predicted molar refractivity (Wildman–Crippen MR) is 229 cm³/mol. The highest BCUT2D eigenvalue weighted by molar-refractivity contribution is 9.10. The summed E-state index contributed by atoms with van der Waals surface area (Å²) < 4.78 is 0.0491. The number of rotatable bonds is 16. The predicted octanol–water partition coefficient (Wildman–Crippen LogP) is 10.9. The first kappa shape index (κ1) is 47.4. The average molecular weight is 914 g/mol. The molecule has 4 aromatic rings. The van der Waals surface area contributed by atoms with Crippen LogP contribution in [-0.4, -0.2) is 57.7 Å². The number of anilines is 4. The topological polar surface area (TPSA) is 287 Å². The maximum absolute atomic E-state index is 11.6. The van der Waals surface area contributed by atoms with Crippen molar-refractivity contribution >= 4 is 108 Å². The summed E-state index contributed by atoms with van der Waals surface area (Å²) in [5.41, 5.74) is 0.272. The van der Waals surface area contributed by atoms with Gasteiger partial charge < -0.3 is 20.4 Å². The van der Waals surface area contributed by atoms with Crippen molar-refractivity contribution in [2.24, 2.45) is 20.5 Å². The molecule has 24 heteroatoms. The summed E-state index contributed by atoms with van der Waals surface area (Å²) in [6.07, 6.45) is 0. The largest absolute Gasteiger partial charge is 0.372 e. The zero-order valence-electron chi connectivity index (χ0n) is 32.9. The number of azo groups is 2. The third-order valence-electron chi connectivity index (χ3n) is 8.23. The van der Waals surface area contributed by atoms with Crippen molar-refractivity contribution in [1.82, 2.24) is 0 Å². The lowest BCUT2D eigenvalue weighted by Crippen LogP contribution is -2.21. The van der Waals surface area contributed by atoms with Crippen molar-refractivity contribution in [3.8, 4) is 0 Å². The number of hydrogen-bond donors (Lipinski definition) is 2. The van der Waals surface area contributed by atoms with Gasteiger partial charge in [0.1, 0.15) is 11.4 Å². The Bertz CT molecular complexity index is 2210. The van der Waals surface area contributed by atoms with E-state index in [1.165, 1.54) is 13.8 Å². The molecular weight excluding hydrogens is 876 g/mol. The minimum absolute atomic E-state index is 0.0491. The molecule has 0 bridgehead atoms. The number of nitro benzene ring substituents is 4. The Morgan fingerprint density at radius 1 is 0.600 bits per heavy atom. The Morgan fingerprint density at radius 3 is 1.35 bits per heavy atom. The molecule has 0 spiro atoms. The molecule has 0 unspecified atom stereocenters. The quantitative estimate of drug-likeness (QED) is 0.0603. The van der Waals surface area contributed by atoms with Gasteiger partial charge in [-0.05, 0) is 80.0 Å². The minimum Gasteiger partial charge on any atom is -0.372 e. The van der Waals surface area contributed by atoms with Crippen LogP contribution in [0.15, 0.2) is 85.6 Å². The SMILES string of the molecule is CCN(CC)c1ccc(N=Nc2c(Br)cc([N+](=O)[O-])cc2[N+](=O)[O-])c(NC(C)=O)c1.CCN(CC)c1ccc(N=Nc2c(Cl)cc([N+](=O)[O-])cc2[N+](=O)[O-])c(NC(C)=O)c1. The van der Waals surface area contributed by atoms with Gasteiger partial charge in [-0.15, -0.1) is 20.5 Å². The first-order valence-corrected chi connectivity index (χ1v) is 18.9. The molecule has 0 atom stereocenters. The Morgan fingerprint density at radius 2 is 0.983 bits per heavy atom. The van der Waals surface area contributed by atoms with Crippen molar-refractivity contribution in [2.75, 3.05) is 46.6 Å². The summed E-state index contributed by atoms with van der Waals surface area (Å²) in [6.45, 7) is 13.7. The van der Waals surface area contributed by atoms with Crippen molar-refractivity contribution in [3.63, 3.8) is 0 Å². The average Bonchev–Trinajstić information content (AvgIpc) is 3.18. The van der Waals surface area contributed by atoms with E-state index in [2.05, 4.69) is 56.8 Å². The van der Waals surface area contributed by atoms with Crippen LogP contribution in [0, 0.1) is 40.5 Å². The summed E-state index contributed by atoms with van der Waals surface area (Å²) in [7, 11) is 0. The third-order valence-corrected chi connectivity index (χ3v) is 9.12. The lowest BCUT2D eigenvalue weighted by molar-refractivity contribution is -0.394. The molecule has 0 saturated heterocycles. The molecule has 22 nitrogen and oxygen atoms in total. The van der Waals surface area contributed by atoms with Crippen LogP contribution in [0.5, 0.6) is 0 Å². The molecule has 0 fully saturated rings. The summed E-state index contributed by atoms with van der Waals surface area (Å²) >= 11 is 9.06. The molecule has 0 aliphatic heterocycles. The number of benzene rings is 4. The number of non-ortho nitro benzene ring substituents is 2. The molecule has 2 N–H and O–H groups in total. The molecule has 0 aromatic heterocycles. The molecule has 2 amide bonds. The molecular formula is C36H38BrClN12O10. The van der Waals surface area contributed by atoms with Crippen molar-refractivity contribution in [2.45, 2.75) is 41.5 Å². The lowest BCUT2D eigenvalue weighted by Gasteiger charge is -2.22. The third kappa shape index (κ3) is 12.5. The van der Waals surface area contributed by atoms with Crippen LogP contribution in [0.25, 0.3) is 0 Å². The summed E-state index contributed by atoms with van der Waals surface area (Å²) in [6, 6.07) is 13.9. The Balaban J connectivity index is 0.000000320. The number of nitro groups is 4. The van der Waals surface area contributed by atoms with Gasteiger partial charge in [0, 0.05) is 63.5 Å². The summed E-state index contributed by atoms with van der Waals surface area (Å²) in [4.78, 5) is 68.8. The first-order chi connectivity index (χ1) is 28.3. The normalized spacial score (nSPS) is 10.8. The number of nitrogens with one attached hydrogen (secondary N) is 2. The molecule has 0 saturated carbocycles. The molecule has 0 radical (unpaired) electrons. The number of amides is 2. The van der Waals surface area contributed by atoms with Gasteiger partial charge in [-0.2, -0.15) is 0 Å². The van der Waals surface area contributed by atoms with Crippen LogP contribution in [0.1, 0.15) is 41.5 Å². The second-order valence-electron chi connectivity index (χ2n) is 12.1. The van der Waals surface area contributed by atoms with E-state index in [1.54, 1.807) is 36.4 Å². The standard InChI is InChI=1S/C18H19BrN6O5.C18H19ClN6O5/c2*1-4-23(5-2)12-6-7-15(16(9-12)20-11(3)26)21-22-18-14(19)8-13(24(27)28)10-17(18)25(29)30/h2*6-10H,4-5H2,1-3H3,(H,20,26). The van der Waals surface area contributed by atoms with Gasteiger partial charge in [-0.1, -0.05) is 11.6 Å². The molecule has 0 aliphatic rings. The van der Waals surface area contributed by atoms with Crippen LogP contribution < -0.4 is 20.4 Å². The number of hydrogen-bond acceptors (Lipinski definition) is 16. The highest BCUT2D eigenvalue weighted by atomic mass is 79.9. The van der Waals surface area contributed by atoms with Gasteiger partial charge in [-0.3, -0.25) is 50.0 Å². The van der Waals surface area contributed by atoms with E-state index in [1.807, 2.05) is 27.7 Å². The van der Waals surface area contributed by atoms with Crippen LogP contribution in [0.4, 0.5) is 68.2 Å².